The lowest BCUT2D eigenvalue weighted by Gasteiger charge is -2.31. The maximum atomic E-state index is 7.61. The van der Waals surface area contributed by atoms with E-state index < -0.39 is 11.6 Å². The fraction of sp³-hybridized carbons (Fsp3) is 0.526. The normalized spacial score (nSPS) is 33.7. The van der Waals surface area contributed by atoms with E-state index in [1.54, 1.807) is 0 Å². The smallest absolute Gasteiger partial charge is 0.226 e. The fourth-order valence-electron chi connectivity index (χ4n) is 3.21. The van der Waals surface area contributed by atoms with Gasteiger partial charge < -0.3 is 10.1 Å². The molecule has 1 saturated carbocycles. The molecule has 1 aromatic rings. The van der Waals surface area contributed by atoms with Gasteiger partial charge in [0, 0.05) is 29.4 Å². The number of benzene rings is 1. The van der Waals surface area contributed by atoms with Gasteiger partial charge in [0.2, 0.25) is 11.6 Å². The zero-order chi connectivity index (χ0) is 17.9. The van der Waals surface area contributed by atoms with E-state index in [9.17, 15) is 0 Å². The van der Waals surface area contributed by atoms with Gasteiger partial charge in [-0.3, -0.25) is 5.14 Å². The molecule has 1 aliphatic heterocycles. The minimum Gasteiger partial charge on any atom is -0.310 e. The maximum Gasteiger partial charge on any atom is 0.226 e. The number of allylic oxidation sites excluding steroid dienone is 1. The van der Waals surface area contributed by atoms with Gasteiger partial charge in [-0.05, 0) is 56.3 Å². The lowest BCUT2D eigenvalue weighted by atomic mass is 9.92. The monoisotopic (exact) mass is 362 g/mol. The highest BCUT2D eigenvalue weighted by molar-refractivity contribution is 7.97. The summed E-state index contributed by atoms with van der Waals surface area (Å²) < 4.78 is 6.07. The van der Waals surface area contributed by atoms with E-state index in [4.69, 9.17) is 25.1 Å². The van der Waals surface area contributed by atoms with Crippen molar-refractivity contribution in [2.75, 3.05) is 0 Å². The van der Waals surface area contributed by atoms with Crippen molar-refractivity contribution in [2.24, 2.45) is 11.1 Å². The topological polar surface area (TPSA) is 77.6 Å². The molecule has 0 aromatic heterocycles. The molecule has 25 heavy (non-hydrogen) atoms. The summed E-state index contributed by atoms with van der Waals surface area (Å²) in [6.07, 6.45) is 7.97. The van der Waals surface area contributed by atoms with Crippen LogP contribution in [0.1, 0.15) is 44.6 Å². The van der Waals surface area contributed by atoms with Crippen LogP contribution in [0.3, 0.4) is 0 Å². The highest BCUT2D eigenvalue weighted by Crippen LogP contribution is 2.48. The van der Waals surface area contributed by atoms with E-state index in [1.807, 2.05) is 18.2 Å². The summed E-state index contributed by atoms with van der Waals surface area (Å²) >= 11 is 1.28. The van der Waals surface area contributed by atoms with Crippen LogP contribution in [0.15, 0.2) is 41.3 Å². The van der Waals surface area contributed by atoms with Crippen molar-refractivity contribution in [3.05, 3.63) is 42.0 Å². The van der Waals surface area contributed by atoms with Crippen molar-refractivity contribution < 1.29 is 14.5 Å². The van der Waals surface area contributed by atoms with Crippen molar-refractivity contribution in [1.29, 1.82) is 5.41 Å². The first-order valence-electron chi connectivity index (χ1n) is 8.71. The van der Waals surface area contributed by atoms with Crippen molar-refractivity contribution in [2.45, 2.75) is 62.4 Å². The zero-order valence-electron chi connectivity index (χ0n) is 14.8. The van der Waals surface area contributed by atoms with Gasteiger partial charge in [0.15, 0.2) is 0 Å². The minimum atomic E-state index is -0.667. The standard InChI is InChI=1S/C12H17NO3.C7H9NS/c1-9-3-2-6-12(9)14-11(15-16-12)7-4-10(13)5-8-11;1-6-2-4-7(9-8)5-3-6/h2,6,9,13H,3-5,7-8H2,1H3;2-5H,8H2,1H3. The molecule has 4 rings (SSSR count). The van der Waals surface area contributed by atoms with E-state index in [2.05, 4.69) is 32.1 Å². The molecule has 1 aromatic carbocycles. The molecule has 3 N–H and O–H groups in total. The van der Waals surface area contributed by atoms with E-state index in [1.165, 1.54) is 17.5 Å². The average Bonchev–Trinajstić information content (AvgIpc) is 3.16. The molecule has 1 saturated heterocycles. The molecular weight excluding hydrogens is 336 g/mol. The van der Waals surface area contributed by atoms with Crippen LogP contribution in [0.2, 0.25) is 0 Å². The molecule has 2 unspecified atom stereocenters. The molecular formula is C19H26N2O3S. The number of nitrogens with two attached hydrogens (primary N) is 1. The number of aryl methyl sites for hydroxylation is 1. The van der Waals surface area contributed by atoms with Crippen LogP contribution in [0, 0.1) is 18.3 Å². The maximum absolute atomic E-state index is 7.61. The Morgan fingerprint density at radius 2 is 1.84 bits per heavy atom. The first kappa shape index (κ1) is 18.6. The summed E-state index contributed by atoms with van der Waals surface area (Å²) in [5, 5.41) is 12.9. The van der Waals surface area contributed by atoms with Gasteiger partial charge in [-0.15, -0.1) is 0 Å². The summed E-state index contributed by atoms with van der Waals surface area (Å²) in [6.45, 7) is 4.16. The third kappa shape index (κ3) is 4.15. The van der Waals surface area contributed by atoms with Crippen LogP contribution in [-0.2, 0) is 14.5 Å². The Morgan fingerprint density at radius 1 is 1.16 bits per heavy atom. The third-order valence-corrected chi connectivity index (χ3v) is 5.51. The van der Waals surface area contributed by atoms with E-state index in [-0.39, 0.29) is 0 Å². The summed E-state index contributed by atoms with van der Waals surface area (Å²) in [7, 11) is 0. The Hall–Kier alpha value is -1.18. The van der Waals surface area contributed by atoms with Crippen LogP contribution in [0.5, 0.6) is 0 Å². The van der Waals surface area contributed by atoms with Gasteiger partial charge >= 0.3 is 0 Å². The lowest BCUT2D eigenvalue weighted by Crippen LogP contribution is -2.40. The van der Waals surface area contributed by atoms with Gasteiger partial charge in [0.25, 0.3) is 0 Å². The Labute approximate surface area is 153 Å². The lowest BCUT2D eigenvalue weighted by molar-refractivity contribution is -0.349. The zero-order valence-corrected chi connectivity index (χ0v) is 15.6. The fourth-order valence-corrected chi connectivity index (χ4v) is 3.50. The van der Waals surface area contributed by atoms with Gasteiger partial charge in [-0.2, -0.15) is 9.78 Å². The second kappa shape index (κ2) is 7.60. The molecule has 2 aliphatic carbocycles. The quantitative estimate of drug-likeness (QED) is 0.437. The van der Waals surface area contributed by atoms with Crippen LogP contribution in [0.25, 0.3) is 0 Å². The summed E-state index contributed by atoms with van der Waals surface area (Å²) in [6, 6.07) is 8.13. The SMILES string of the molecule is CC1CC=CC12OOC1(CCC(=N)CC1)O2.Cc1ccc(SN)cc1. The largest absolute Gasteiger partial charge is 0.310 e. The molecule has 136 valence electrons. The molecule has 2 fully saturated rings. The second-order valence-electron chi connectivity index (χ2n) is 6.97. The van der Waals surface area contributed by atoms with Crippen molar-refractivity contribution >= 4 is 17.7 Å². The molecule has 0 amide bonds. The van der Waals surface area contributed by atoms with E-state index in [0.717, 1.165) is 42.7 Å². The molecule has 5 nitrogen and oxygen atoms in total. The highest BCUT2D eigenvalue weighted by Gasteiger charge is 2.56. The predicted molar refractivity (Wildman–Crippen MR) is 99.1 cm³/mol. The Kier molecular flexibility index (Phi) is 5.65. The van der Waals surface area contributed by atoms with E-state index >= 15 is 0 Å². The Bertz CT molecular complexity index is 637. The van der Waals surface area contributed by atoms with Gasteiger partial charge in [0.05, 0.1) is 0 Å². The third-order valence-electron chi connectivity index (χ3n) is 4.97. The summed E-state index contributed by atoms with van der Waals surface area (Å²) in [5.41, 5.74) is 2.06. The van der Waals surface area contributed by atoms with Gasteiger partial charge in [-0.25, -0.2) is 0 Å². The van der Waals surface area contributed by atoms with Crippen molar-refractivity contribution in [1.82, 2.24) is 0 Å². The number of hydrogen-bond donors (Lipinski definition) is 2. The molecule has 0 bridgehead atoms. The number of rotatable bonds is 1. The first-order chi connectivity index (χ1) is 12.0. The first-order valence-corrected chi connectivity index (χ1v) is 9.59. The van der Waals surface area contributed by atoms with Crippen LogP contribution in [0.4, 0.5) is 0 Å². The van der Waals surface area contributed by atoms with Crippen molar-refractivity contribution in [3.8, 4) is 0 Å². The Morgan fingerprint density at radius 3 is 2.40 bits per heavy atom. The second-order valence-corrected chi connectivity index (χ2v) is 7.68. The number of hydrogen-bond acceptors (Lipinski definition) is 6. The molecule has 1 heterocycles. The van der Waals surface area contributed by atoms with Crippen LogP contribution < -0.4 is 5.14 Å². The summed E-state index contributed by atoms with van der Waals surface area (Å²) in [4.78, 5) is 12.0. The average molecular weight is 362 g/mol. The molecule has 2 atom stereocenters. The predicted octanol–water partition coefficient (Wildman–Crippen LogP) is 4.51. The number of ether oxygens (including phenoxy) is 1. The molecule has 2 spiro atoms. The van der Waals surface area contributed by atoms with Crippen LogP contribution in [-0.4, -0.2) is 17.3 Å². The minimum absolute atomic E-state index is 0.299. The Balaban J connectivity index is 0.000000173. The van der Waals surface area contributed by atoms with E-state index in [0.29, 0.717) is 5.92 Å². The highest BCUT2D eigenvalue weighted by atomic mass is 32.2. The summed E-state index contributed by atoms with van der Waals surface area (Å²) in [5.74, 6) is -0.972. The number of nitrogens with one attached hydrogen (secondary N) is 1. The molecule has 0 radical (unpaired) electrons. The van der Waals surface area contributed by atoms with Gasteiger partial charge in [0.1, 0.15) is 0 Å². The van der Waals surface area contributed by atoms with Crippen LogP contribution >= 0.6 is 11.9 Å². The molecule has 3 aliphatic rings. The van der Waals surface area contributed by atoms with Crippen molar-refractivity contribution in [3.63, 3.8) is 0 Å². The molecule has 6 heteroatoms. The van der Waals surface area contributed by atoms with Gasteiger partial charge in [-0.1, -0.05) is 30.7 Å².